The average Bonchev–Trinajstić information content (AvgIpc) is 3.25. The highest BCUT2D eigenvalue weighted by molar-refractivity contribution is 7.10. The Labute approximate surface area is 191 Å². The van der Waals surface area contributed by atoms with Crippen LogP contribution in [0.2, 0.25) is 0 Å². The summed E-state index contributed by atoms with van der Waals surface area (Å²) in [6.45, 7) is 13.1. The molecule has 1 aromatic heterocycles. The van der Waals surface area contributed by atoms with Crippen LogP contribution in [0.4, 0.5) is 0 Å². The van der Waals surface area contributed by atoms with Gasteiger partial charge in [-0.05, 0) is 64.6 Å². The Morgan fingerprint density at radius 3 is 2.68 bits per heavy atom. The Kier molecular flexibility index (Phi) is 9.16. The van der Waals surface area contributed by atoms with E-state index in [1.807, 2.05) is 25.2 Å². The number of hydrogen-bond acceptors (Lipinski definition) is 5. The molecule has 0 bridgehead atoms. The molecule has 3 heterocycles. The molecular formula is C23H40N6OS. The highest BCUT2D eigenvalue weighted by atomic mass is 32.1. The molecule has 0 saturated carbocycles. The van der Waals surface area contributed by atoms with E-state index in [9.17, 15) is 4.79 Å². The number of amides is 1. The maximum Gasteiger partial charge on any atom is 0.234 e. The van der Waals surface area contributed by atoms with Crippen LogP contribution in [0.25, 0.3) is 0 Å². The highest BCUT2D eigenvalue weighted by Crippen LogP contribution is 2.37. The fourth-order valence-electron chi connectivity index (χ4n) is 4.68. The molecule has 2 atom stereocenters. The van der Waals surface area contributed by atoms with Gasteiger partial charge in [0.05, 0.1) is 6.54 Å². The molecule has 1 aromatic rings. The Bertz CT molecular complexity index is 699. The molecule has 2 saturated heterocycles. The molecule has 2 fully saturated rings. The number of likely N-dealkylation sites (tertiary alicyclic amines) is 1. The quantitative estimate of drug-likeness (QED) is 0.495. The third-order valence-electron chi connectivity index (χ3n) is 6.14. The number of piperidine rings is 1. The maximum atomic E-state index is 12.1. The Morgan fingerprint density at radius 1 is 1.26 bits per heavy atom. The minimum Gasteiger partial charge on any atom is -0.357 e. The first-order valence-electron chi connectivity index (χ1n) is 11.8. The zero-order chi connectivity index (χ0) is 22.2. The van der Waals surface area contributed by atoms with Gasteiger partial charge in [-0.25, -0.2) is 0 Å². The first kappa shape index (κ1) is 24.0. The van der Waals surface area contributed by atoms with Gasteiger partial charge >= 0.3 is 0 Å². The van der Waals surface area contributed by atoms with Gasteiger partial charge < -0.3 is 15.5 Å². The van der Waals surface area contributed by atoms with Crippen molar-refractivity contribution in [3.05, 3.63) is 22.4 Å². The van der Waals surface area contributed by atoms with Gasteiger partial charge in [-0.15, -0.1) is 11.3 Å². The molecule has 0 radical (unpaired) electrons. The van der Waals surface area contributed by atoms with E-state index in [4.69, 9.17) is 4.99 Å². The number of aliphatic imine (C=N–C) groups is 1. The number of piperazine rings is 1. The van der Waals surface area contributed by atoms with Crippen LogP contribution in [-0.2, 0) is 4.79 Å². The fourth-order valence-corrected chi connectivity index (χ4v) is 5.66. The second kappa shape index (κ2) is 11.8. The number of hydrogen-bond donors (Lipinski definition) is 2. The second-order valence-electron chi connectivity index (χ2n) is 9.02. The molecule has 3 rings (SSSR count). The zero-order valence-corrected chi connectivity index (χ0v) is 20.5. The van der Waals surface area contributed by atoms with E-state index in [1.54, 1.807) is 0 Å². The molecule has 2 N–H and O–H groups in total. The van der Waals surface area contributed by atoms with E-state index in [0.29, 0.717) is 18.5 Å². The number of carbonyl (C=O) groups is 1. The molecular weight excluding hydrogens is 408 g/mol. The van der Waals surface area contributed by atoms with Crippen LogP contribution in [0.3, 0.4) is 0 Å². The summed E-state index contributed by atoms with van der Waals surface area (Å²) in [6, 6.07) is 5.09. The van der Waals surface area contributed by atoms with Crippen molar-refractivity contribution >= 4 is 23.2 Å². The molecule has 7 nitrogen and oxygen atoms in total. The van der Waals surface area contributed by atoms with Crippen molar-refractivity contribution in [2.45, 2.75) is 45.7 Å². The first-order valence-corrected chi connectivity index (χ1v) is 12.6. The number of nitrogens with zero attached hydrogens (tertiary/aromatic N) is 4. The van der Waals surface area contributed by atoms with E-state index in [2.05, 4.69) is 56.8 Å². The van der Waals surface area contributed by atoms with Gasteiger partial charge in [-0.3, -0.25) is 19.6 Å². The molecule has 0 spiro atoms. The van der Waals surface area contributed by atoms with Crippen molar-refractivity contribution in [2.75, 3.05) is 59.4 Å². The van der Waals surface area contributed by atoms with Gasteiger partial charge in [0.2, 0.25) is 5.91 Å². The number of nitrogens with one attached hydrogen (secondary N) is 2. The largest absolute Gasteiger partial charge is 0.357 e. The number of thiophene rings is 1. The summed E-state index contributed by atoms with van der Waals surface area (Å²) in [6.07, 6.45) is 2.47. The summed E-state index contributed by atoms with van der Waals surface area (Å²) < 4.78 is 0. The SMILES string of the molecule is CCNC(=NCC1CCCN(C)C1c1cccs1)N1CCN(CC(=O)NC(C)C)CC1. The van der Waals surface area contributed by atoms with Crippen LogP contribution in [0, 0.1) is 5.92 Å². The zero-order valence-electron chi connectivity index (χ0n) is 19.6. The van der Waals surface area contributed by atoms with Gasteiger partial charge in [0.1, 0.15) is 0 Å². The van der Waals surface area contributed by atoms with Crippen LogP contribution in [0.15, 0.2) is 22.5 Å². The van der Waals surface area contributed by atoms with Crippen LogP contribution in [0.5, 0.6) is 0 Å². The monoisotopic (exact) mass is 448 g/mol. The van der Waals surface area contributed by atoms with Crippen molar-refractivity contribution in [1.29, 1.82) is 0 Å². The van der Waals surface area contributed by atoms with Crippen LogP contribution in [0.1, 0.15) is 44.5 Å². The van der Waals surface area contributed by atoms with E-state index in [-0.39, 0.29) is 11.9 Å². The summed E-state index contributed by atoms with van der Waals surface area (Å²) >= 11 is 1.86. The Balaban J connectivity index is 1.58. The second-order valence-corrected chi connectivity index (χ2v) is 10.0. The topological polar surface area (TPSA) is 63.2 Å². The molecule has 1 amide bonds. The molecule has 0 aliphatic carbocycles. The summed E-state index contributed by atoms with van der Waals surface area (Å²) in [4.78, 5) is 25.7. The van der Waals surface area contributed by atoms with Crippen molar-refractivity contribution < 1.29 is 4.79 Å². The number of guanidine groups is 1. The molecule has 8 heteroatoms. The van der Waals surface area contributed by atoms with Gasteiger partial charge in [0, 0.05) is 56.2 Å². The summed E-state index contributed by atoms with van der Waals surface area (Å²) in [5.41, 5.74) is 0. The molecule has 2 unspecified atom stereocenters. The van der Waals surface area contributed by atoms with E-state index >= 15 is 0 Å². The predicted molar refractivity (Wildman–Crippen MR) is 130 cm³/mol. The van der Waals surface area contributed by atoms with Gasteiger partial charge in [0.25, 0.3) is 0 Å². The third-order valence-corrected chi connectivity index (χ3v) is 7.08. The standard InChI is InChI=1S/C23H40N6OS/c1-5-24-23(29-13-11-28(12-14-29)17-21(30)26-18(2)3)25-16-19-8-6-10-27(4)22(19)20-9-7-15-31-20/h7,9,15,18-19,22H,5-6,8,10-14,16-17H2,1-4H3,(H,24,25)(H,26,30). The Hall–Kier alpha value is -1.64. The Morgan fingerprint density at radius 2 is 2.03 bits per heavy atom. The van der Waals surface area contributed by atoms with Gasteiger partial charge in [0.15, 0.2) is 5.96 Å². The number of rotatable bonds is 7. The minimum atomic E-state index is 0.116. The summed E-state index contributed by atoms with van der Waals surface area (Å²) in [5, 5.41) is 8.67. The van der Waals surface area contributed by atoms with Gasteiger partial charge in [-0.1, -0.05) is 6.07 Å². The molecule has 2 aliphatic heterocycles. The molecule has 174 valence electrons. The summed E-state index contributed by atoms with van der Waals surface area (Å²) in [5.74, 6) is 1.68. The lowest BCUT2D eigenvalue weighted by Gasteiger charge is -2.39. The lowest BCUT2D eigenvalue weighted by atomic mass is 9.88. The minimum absolute atomic E-state index is 0.116. The van der Waals surface area contributed by atoms with Crippen LogP contribution in [-0.4, -0.2) is 92.0 Å². The van der Waals surface area contributed by atoms with Crippen molar-refractivity contribution in [3.63, 3.8) is 0 Å². The van der Waals surface area contributed by atoms with E-state index in [1.165, 1.54) is 17.7 Å². The van der Waals surface area contributed by atoms with Crippen molar-refractivity contribution in [3.8, 4) is 0 Å². The fraction of sp³-hybridized carbons (Fsp3) is 0.739. The van der Waals surface area contributed by atoms with E-state index < -0.39 is 0 Å². The smallest absolute Gasteiger partial charge is 0.234 e. The molecule has 2 aliphatic rings. The molecule has 0 aromatic carbocycles. The number of carbonyl (C=O) groups excluding carboxylic acids is 1. The van der Waals surface area contributed by atoms with Crippen LogP contribution < -0.4 is 10.6 Å². The lowest BCUT2D eigenvalue weighted by Crippen LogP contribution is -2.54. The molecule has 31 heavy (non-hydrogen) atoms. The summed E-state index contributed by atoms with van der Waals surface area (Å²) in [7, 11) is 2.25. The van der Waals surface area contributed by atoms with Crippen molar-refractivity contribution in [2.24, 2.45) is 10.9 Å². The van der Waals surface area contributed by atoms with E-state index in [0.717, 1.165) is 51.8 Å². The maximum absolute atomic E-state index is 12.1. The van der Waals surface area contributed by atoms with Gasteiger partial charge in [-0.2, -0.15) is 0 Å². The lowest BCUT2D eigenvalue weighted by molar-refractivity contribution is -0.123. The first-order chi connectivity index (χ1) is 15.0. The average molecular weight is 449 g/mol. The predicted octanol–water partition coefficient (Wildman–Crippen LogP) is 2.24. The van der Waals surface area contributed by atoms with Crippen LogP contribution >= 0.6 is 11.3 Å². The third kappa shape index (κ3) is 6.92. The highest BCUT2D eigenvalue weighted by Gasteiger charge is 2.31. The van der Waals surface area contributed by atoms with Crippen molar-refractivity contribution in [1.82, 2.24) is 25.3 Å². The normalized spacial score (nSPS) is 23.9.